The van der Waals surface area contributed by atoms with Crippen molar-refractivity contribution in [3.05, 3.63) is 73.9 Å². The van der Waals surface area contributed by atoms with Gasteiger partial charge in [-0.05, 0) is 35.4 Å². The van der Waals surface area contributed by atoms with E-state index in [0.29, 0.717) is 11.6 Å². The van der Waals surface area contributed by atoms with Crippen LogP contribution in [0.4, 0.5) is 4.79 Å². The monoisotopic (exact) mass is 428 g/mol. The molecule has 3 N–H and O–H groups in total. The number of carbonyl (C=O) groups is 2. The SMILES string of the molecule is Cc1nc(CC(=O)NNC(=O)NC(c2ccc(C(C)C)cc2)c2cccs2)cs1. The normalized spacial score (nSPS) is 11.9. The number of rotatable bonds is 6. The molecule has 0 aliphatic carbocycles. The van der Waals surface area contributed by atoms with Crippen LogP contribution in [0.5, 0.6) is 0 Å². The highest BCUT2D eigenvalue weighted by Crippen LogP contribution is 2.27. The summed E-state index contributed by atoms with van der Waals surface area (Å²) in [6.07, 6.45) is 0.121. The fourth-order valence-electron chi connectivity index (χ4n) is 2.84. The standard InChI is InChI=1S/C21H24N4O2S2/c1-13(2)15-6-8-16(9-7-15)20(18-5-4-10-28-18)23-21(27)25-24-19(26)11-17-12-29-14(3)22-17/h4-10,12-13,20H,11H2,1-3H3,(H,24,26)(H2,23,25,27). The van der Waals surface area contributed by atoms with Crippen molar-refractivity contribution in [2.75, 3.05) is 0 Å². The smallest absolute Gasteiger partial charge is 0.325 e. The van der Waals surface area contributed by atoms with Gasteiger partial charge >= 0.3 is 6.03 Å². The van der Waals surface area contributed by atoms with E-state index in [-0.39, 0.29) is 18.4 Å². The number of aryl methyl sites for hydroxylation is 1. The minimum atomic E-state index is -0.473. The highest BCUT2D eigenvalue weighted by Gasteiger charge is 2.18. The summed E-state index contributed by atoms with van der Waals surface area (Å²) in [6.45, 7) is 6.18. The van der Waals surface area contributed by atoms with E-state index in [9.17, 15) is 9.59 Å². The highest BCUT2D eigenvalue weighted by molar-refractivity contribution is 7.10. The van der Waals surface area contributed by atoms with E-state index in [0.717, 1.165) is 15.4 Å². The van der Waals surface area contributed by atoms with Gasteiger partial charge in [-0.25, -0.2) is 15.2 Å². The van der Waals surface area contributed by atoms with E-state index in [2.05, 4.69) is 47.1 Å². The molecule has 2 aromatic heterocycles. The first kappa shape index (κ1) is 21.0. The molecule has 1 unspecified atom stereocenters. The third-order valence-electron chi connectivity index (χ3n) is 4.36. The molecular weight excluding hydrogens is 404 g/mol. The largest absolute Gasteiger partial charge is 0.334 e. The Labute approximate surface area is 178 Å². The molecule has 0 radical (unpaired) electrons. The number of nitrogens with zero attached hydrogens (tertiary/aromatic N) is 1. The predicted octanol–water partition coefficient (Wildman–Crippen LogP) is 4.30. The van der Waals surface area contributed by atoms with Crippen molar-refractivity contribution in [3.63, 3.8) is 0 Å². The highest BCUT2D eigenvalue weighted by atomic mass is 32.1. The molecule has 2 heterocycles. The molecular formula is C21H24N4O2S2. The molecule has 29 heavy (non-hydrogen) atoms. The average molecular weight is 429 g/mol. The van der Waals surface area contributed by atoms with Crippen molar-refractivity contribution in [2.45, 2.75) is 39.2 Å². The number of hydrazine groups is 1. The predicted molar refractivity (Wildman–Crippen MR) is 117 cm³/mol. The van der Waals surface area contributed by atoms with Gasteiger partial charge in [-0.3, -0.25) is 10.2 Å². The summed E-state index contributed by atoms with van der Waals surface area (Å²) in [5.41, 5.74) is 7.78. The second kappa shape index (κ2) is 9.67. The second-order valence-electron chi connectivity index (χ2n) is 6.95. The lowest BCUT2D eigenvalue weighted by atomic mass is 9.98. The van der Waals surface area contributed by atoms with E-state index in [1.165, 1.54) is 16.9 Å². The van der Waals surface area contributed by atoms with Gasteiger partial charge in [0.15, 0.2) is 0 Å². The Morgan fingerprint density at radius 2 is 1.76 bits per heavy atom. The van der Waals surface area contributed by atoms with Gasteiger partial charge in [0.05, 0.1) is 23.2 Å². The Bertz CT molecular complexity index is 949. The van der Waals surface area contributed by atoms with Crippen LogP contribution in [0.2, 0.25) is 0 Å². The summed E-state index contributed by atoms with van der Waals surface area (Å²) < 4.78 is 0. The van der Waals surface area contributed by atoms with E-state index in [1.54, 1.807) is 11.3 Å². The van der Waals surface area contributed by atoms with Gasteiger partial charge in [0.1, 0.15) is 0 Å². The van der Waals surface area contributed by atoms with Crippen LogP contribution in [0.15, 0.2) is 47.2 Å². The van der Waals surface area contributed by atoms with Gasteiger partial charge in [0.25, 0.3) is 0 Å². The molecule has 0 spiro atoms. The van der Waals surface area contributed by atoms with E-state index < -0.39 is 6.03 Å². The van der Waals surface area contributed by atoms with Gasteiger partial charge in [-0.2, -0.15) is 0 Å². The first-order valence-electron chi connectivity index (χ1n) is 9.32. The third kappa shape index (κ3) is 5.88. The van der Waals surface area contributed by atoms with Gasteiger partial charge in [0.2, 0.25) is 5.91 Å². The summed E-state index contributed by atoms with van der Waals surface area (Å²) in [6, 6.07) is 11.4. The van der Waals surface area contributed by atoms with Crippen LogP contribution >= 0.6 is 22.7 Å². The molecule has 152 valence electrons. The Hall–Kier alpha value is -2.71. The lowest BCUT2D eigenvalue weighted by Crippen LogP contribution is -2.48. The number of thiophene rings is 1. The molecule has 1 atom stereocenters. The van der Waals surface area contributed by atoms with Crippen molar-refractivity contribution in [1.82, 2.24) is 21.2 Å². The Balaban J connectivity index is 1.61. The number of hydrogen-bond donors (Lipinski definition) is 3. The lowest BCUT2D eigenvalue weighted by Gasteiger charge is -2.19. The summed E-state index contributed by atoms with van der Waals surface area (Å²) in [5, 5.41) is 7.65. The topological polar surface area (TPSA) is 83.1 Å². The molecule has 3 rings (SSSR count). The molecule has 6 nitrogen and oxygen atoms in total. The number of hydrogen-bond acceptors (Lipinski definition) is 5. The molecule has 0 aliphatic heterocycles. The number of aromatic nitrogens is 1. The fourth-order valence-corrected chi connectivity index (χ4v) is 4.25. The van der Waals surface area contributed by atoms with E-state index in [4.69, 9.17) is 0 Å². The third-order valence-corrected chi connectivity index (χ3v) is 6.12. The van der Waals surface area contributed by atoms with Crippen LogP contribution in [-0.2, 0) is 11.2 Å². The Morgan fingerprint density at radius 1 is 1.03 bits per heavy atom. The van der Waals surface area contributed by atoms with Crippen molar-refractivity contribution in [3.8, 4) is 0 Å². The zero-order chi connectivity index (χ0) is 20.8. The van der Waals surface area contributed by atoms with Crippen molar-refractivity contribution >= 4 is 34.6 Å². The Kier molecular flexibility index (Phi) is 7.00. The molecule has 1 aromatic carbocycles. The molecule has 8 heteroatoms. The molecule has 3 amide bonds. The molecule has 3 aromatic rings. The minimum Gasteiger partial charge on any atom is -0.325 e. The number of benzene rings is 1. The van der Waals surface area contributed by atoms with Crippen LogP contribution < -0.4 is 16.2 Å². The van der Waals surface area contributed by atoms with Crippen molar-refractivity contribution in [1.29, 1.82) is 0 Å². The van der Waals surface area contributed by atoms with Crippen LogP contribution in [-0.4, -0.2) is 16.9 Å². The molecule has 0 saturated carbocycles. The zero-order valence-corrected chi connectivity index (χ0v) is 18.2. The second-order valence-corrected chi connectivity index (χ2v) is 8.99. The summed E-state index contributed by atoms with van der Waals surface area (Å²) in [4.78, 5) is 29.7. The molecule has 0 bridgehead atoms. The maximum atomic E-state index is 12.4. The van der Waals surface area contributed by atoms with Crippen LogP contribution in [0.25, 0.3) is 0 Å². The maximum Gasteiger partial charge on any atom is 0.334 e. The van der Waals surface area contributed by atoms with Crippen LogP contribution in [0, 0.1) is 6.92 Å². The summed E-state index contributed by atoms with van der Waals surface area (Å²) in [7, 11) is 0. The number of thiazole rings is 1. The van der Waals surface area contributed by atoms with E-state index >= 15 is 0 Å². The molecule has 0 saturated heterocycles. The first-order chi connectivity index (χ1) is 13.9. The number of amides is 3. The number of carbonyl (C=O) groups excluding carboxylic acids is 2. The maximum absolute atomic E-state index is 12.4. The first-order valence-corrected chi connectivity index (χ1v) is 11.1. The fraction of sp³-hybridized carbons (Fsp3) is 0.286. The van der Waals surface area contributed by atoms with Crippen LogP contribution in [0.1, 0.15) is 52.5 Å². The number of urea groups is 1. The van der Waals surface area contributed by atoms with Crippen molar-refractivity contribution < 1.29 is 9.59 Å². The Morgan fingerprint density at radius 3 is 2.34 bits per heavy atom. The quantitative estimate of drug-likeness (QED) is 0.512. The van der Waals surface area contributed by atoms with Crippen molar-refractivity contribution in [2.24, 2.45) is 0 Å². The van der Waals surface area contributed by atoms with Gasteiger partial charge < -0.3 is 5.32 Å². The van der Waals surface area contributed by atoms with Gasteiger partial charge in [-0.1, -0.05) is 44.2 Å². The summed E-state index contributed by atoms with van der Waals surface area (Å²) in [5.74, 6) is 0.122. The summed E-state index contributed by atoms with van der Waals surface area (Å²) >= 11 is 3.06. The van der Waals surface area contributed by atoms with Crippen LogP contribution in [0.3, 0.4) is 0 Å². The van der Waals surface area contributed by atoms with Gasteiger partial charge in [0, 0.05) is 10.3 Å². The number of nitrogens with one attached hydrogen (secondary N) is 3. The lowest BCUT2D eigenvalue weighted by molar-refractivity contribution is -0.121. The minimum absolute atomic E-state index is 0.121. The molecule has 0 fully saturated rings. The average Bonchev–Trinajstić information content (AvgIpc) is 3.36. The molecule has 0 aliphatic rings. The van der Waals surface area contributed by atoms with E-state index in [1.807, 2.05) is 41.9 Å². The van der Waals surface area contributed by atoms with Gasteiger partial charge in [-0.15, -0.1) is 22.7 Å². The zero-order valence-electron chi connectivity index (χ0n) is 16.6.